The number of nitrogens with one attached hydrogen (secondary N) is 2. The molecule has 0 saturated carbocycles. The lowest BCUT2D eigenvalue weighted by Crippen LogP contribution is -2.46. The summed E-state index contributed by atoms with van der Waals surface area (Å²) in [6.45, 7) is 1.91. The summed E-state index contributed by atoms with van der Waals surface area (Å²) in [5.74, 6) is 0.622. The highest BCUT2D eigenvalue weighted by atomic mass is 16.2. The first kappa shape index (κ1) is 17.2. The van der Waals surface area contributed by atoms with Crippen molar-refractivity contribution in [2.75, 3.05) is 10.6 Å². The van der Waals surface area contributed by atoms with E-state index in [-0.39, 0.29) is 11.7 Å². The summed E-state index contributed by atoms with van der Waals surface area (Å²) >= 11 is 0. The van der Waals surface area contributed by atoms with Crippen LogP contribution >= 0.6 is 0 Å². The lowest BCUT2D eigenvalue weighted by atomic mass is 9.64. The van der Waals surface area contributed by atoms with Crippen LogP contribution in [-0.4, -0.2) is 21.5 Å². The number of aromatic nitrogens is 2. The second kappa shape index (κ2) is 5.92. The normalized spacial score (nSPS) is 21.8. The summed E-state index contributed by atoms with van der Waals surface area (Å²) < 4.78 is 1.85. The summed E-state index contributed by atoms with van der Waals surface area (Å²) in [6.07, 6.45) is 1.97. The first-order valence-electron chi connectivity index (χ1n) is 10.2. The highest BCUT2D eigenvalue weighted by Crippen LogP contribution is 2.56. The number of para-hydroxylation sites is 2. The zero-order valence-electron chi connectivity index (χ0n) is 16.5. The van der Waals surface area contributed by atoms with Gasteiger partial charge in [-0.2, -0.15) is 5.10 Å². The molecule has 3 aliphatic rings. The number of hydrogen-bond donors (Lipinski definition) is 2. The number of amides is 1. The fourth-order valence-electron chi connectivity index (χ4n) is 5.27. The van der Waals surface area contributed by atoms with Crippen LogP contribution in [0.4, 0.5) is 11.5 Å². The van der Waals surface area contributed by atoms with Crippen molar-refractivity contribution in [3.63, 3.8) is 0 Å². The quantitative estimate of drug-likeness (QED) is 0.655. The number of allylic oxidation sites excluding steroid dienone is 1. The maximum Gasteiger partial charge on any atom is 0.244 e. The third kappa shape index (κ3) is 2.00. The molecule has 6 heteroatoms. The molecule has 1 atom stereocenters. The van der Waals surface area contributed by atoms with Crippen LogP contribution in [0.5, 0.6) is 0 Å². The van der Waals surface area contributed by atoms with Gasteiger partial charge in [0.25, 0.3) is 0 Å². The molecule has 6 nitrogen and oxygen atoms in total. The summed E-state index contributed by atoms with van der Waals surface area (Å²) in [5, 5.41) is 11.3. The van der Waals surface area contributed by atoms with Crippen LogP contribution in [0.25, 0.3) is 5.69 Å². The molecule has 3 aromatic rings. The molecule has 148 valence electrons. The van der Waals surface area contributed by atoms with E-state index >= 15 is 0 Å². The highest BCUT2D eigenvalue weighted by Gasteiger charge is 2.59. The minimum absolute atomic E-state index is 0.0353. The Hall–Kier alpha value is -3.67. The third-order valence-corrected chi connectivity index (χ3v) is 6.41. The van der Waals surface area contributed by atoms with E-state index in [2.05, 4.69) is 10.6 Å². The molecule has 6 rings (SSSR count). The molecule has 30 heavy (non-hydrogen) atoms. The number of carbonyl (C=O) groups is 2. The van der Waals surface area contributed by atoms with Gasteiger partial charge in [-0.15, -0.1) is 0 Å². The Morgan fingerprint density at radius 3 is 2.57 bits per heavy atom. The Morgan fingerprint density at radius 2 is 1.73 bits per heavy atom. The van der Waals surface area contributed by atoms with Gasteiger partial charge in [-0.25, -0.2) is 4.68 Å². The smallest absolute Gasteiger partial charge is 0.244 e. The van der Waals surface area contributed by atoms with E-state index in [1.165, 1.54) is 0 Å². The van der Waals surface area contributed by atoms with Gasteiger partial charge in [-0.3, -0.25) is 9.59 Å². The zero-order chi connectivity index (χ0) is 20.5. The second-order valence-electron chi connectivity index (χ2n) is 8.06. The molecule has 0 radical (unpaired) electrons. The molecule has 0 bridgehead atoms. The second-order valence-corrected chi connectivity index (χ2v) is 8.06. The van der Waals surface area contributed by atoms with Crippen molar-refractivity contribution in [3.8, 4) is 5.69 Å². The van der Waals surface area contributed by atoms with Crippen molar-refractivity contribution < 1.29 is 9.59 Å². The molecule has 1 aliphatic carbocycles. The number of carbonyl (C=O) groups excluding carboxylic acids is 2. The molecule has 2 aliphatic heterocycles. The van der Waals surface area contributed by atoms with E-state index in [0.717, 1.165) is 52.6 Å². The van der Waals surface area contributed by atoms with E-state index in [0.29, 0.717) is 12.0 Å². The number of aryl methyl sites for hydroxylation is 1. The lowest BCUT2D eigenvalue weighted by Gasteiger charge is -2.38. The van der Waals surface area contributed by atoms with Crippen LogP contribution in [0.3, 0.4) is 0 Å². The van der Waals surface area contributed by atoms with Crippen LogP contribution in [0.2, 0.25) is 0 Å². The molecular formula is C24H20N4O2. The number of benzene rings is 2. The summed E-state index contributed by atoms with van der Waals surface area (Å²) in [7, 11) is 0. The Kier molecular flexibility index (Phi) is 3.40. The maximum absolute atomic E-state index is 13.7. The molecule has 2 N–H and O–H groups in total. The van der Waals surface area contributed by atoms with Crippen LogP contribution in [0.1, 0.15) is 36.1 Å². The molecule has 0 fully saturated rings. The van der Waals surface area contributed by atoms with Crippen LogP contribution in [0, 0.1) is 6.92 Å². The van der Waals surface area contributed by atoms with Crippen LogP contribution in [0.15, 0.2) is 65.9 Å². The van der Waals surface area contributed by atoms with Gasteiger partial charge in [-0.1, -0.05) is 36.4 Å². The summed E-state index contributed by atoms with van der Waals surface area (Å²) in [6, 6.07) is 17.5. The van der Waals surface area contributed by atoms with Crippen molar-refractivity contribution in [1.29, 1.82) is 0 Å². The Morgan fingerprint density at radius 1 is 0.967 bits per heavy atom. The van der Waals surface area contributed by atoms with Crippen LogP contribution < -0.4 is 10.6 Å². The van der Waals surface area contributed by atoms with Gasteiger partial charge < -0.3 is 10.6 Å². The summed E-state index contributed by atoms with van der Waals surface area (Å²) in [5.41, 5.74) is 4.25. The average molecular weight is 396 g/mol. The first-order chi connectivity index (χ1) is 14.6. The van der Waals surface area contributed by atoms with E-state index in [9.17, 15) is 9.59 Å². The van der Waals surface area contributed by atoms with Crippen molar-refractivity contribution >= 4 is 23.2 Å². The molecule has 1 aromatic heterocycles. The molecule has 0 saturated heterocycles. The fraction of sp³-hybridized carbons (Fsp3) is 0.208. The minimum Gasteiger partial charge on any atom is -0.343 e. The first-order valence-corrected chi connectivity index (χ1v) is 10.2. The summed E-state index contributed by atoms with van der Waals surface area (Å²) in [4.78, 5) is 26.9. The lowest BCUT2D eigenvalue weighted by molar-refractivity contribution is -0.122. The van der Waals surface area contributed by atoms with E-state index in [1.807, 2.05) is 66.2 Å². The van der Waals surface area contributed by atoms with E-state index in [4.69, 9.17) is 5.10 Å². The van der Waals surface area contributed by atoms with Gasteiger partial charge in [0, 0.05) is 34.5 Å². The van der Waals surface area contributed by atoms with Crippen LogP contribution in [-0.2, 0) is 15.0 Å². The van der Waals surface area contributed by atoms with E-state index < -0.39 is 5.41 Å². The number of nitrogens with zero attached hydrogens (tertiary/aromatic N) is 2. The SMILES string of the molecule is Cc1nn(-c2ccccc2)c2c1C1(C(=O)Nc3ccccc31)C1=C(CCCC1=O)N2. The van der Waals surface area contributed by atoms with Gasteiger partial charge in [0.1, 0.15) is 11.2 Å². The number of hydrogen-bond acceptors (Lipinski definition) is 4. The average Bonchev–Trinajstić information content (AvgIpc) is 3.24. The number of ketones is 1. The van der Waals surface area contributed by atoms with Gasteiger partial charge in [0.05, 0.1) is 11.4 Å². The van der Waals surface area contributed by atoms with Crippen molar-refractivity contribution in [1.82, 2.24) is 9.78 Å². The molecule has 1 spiro atoms. The predicted octanol–water partition coefficient (Wildman–Crippen LogP) is 3.85. The van der Waals surface area contributed by atoms with Gasteiger partial charge in [0.2, 0.25) is 5.91 Å². The maximum atomic E-state index is 13.7. The minimum atomic E-state index is -1.17. The molecule has 2 aromatic carbocycles. The zero-order valence-corrected chi connectivity index (χ0v) is 16.5. The molecule has 1 unspecified atom stereocenters. The largest absolute Gasteiger partial charge is 0.343 e. The monoisotopic (exact) mass is 396 g/mol. The number of rotatable bonds is 1. The van der Waals surface area contributed by atoms with Gasteiger partial charge >= 0.3 is 0 Å². The number of anilines is 2. The fourth-order valence-corrected chi connectivity index (χ4v) is 5.27. The predicted molar refractivity (Wildman–Crippen MR) is 114 cm³/mol. The topological polar surface area (TPSA) is 76.0 Å². The van der Waals surface area contributed by atoms with Gasteiger partial charge in [0.15, 0.2) is 5.78 Å². The number of Topliss-reactive ketones (excluding diaryl/α,β-unsaturated/α-hetero) is 1. The Labute approximate surface area is 173 Å². The van der Waals surface area contributed by atoms with Gasteiger partial charge in [-0.05, 0) is 38.0 Å². The molecule has 3 heterocycles. The molecule has 1 amide bonds. The van der Waals surface area contributed by atoms with Crippen molar-refractivity contribution in [3.05, 3.63) is 82.7 Å². The van der Waals surface area contributed by atoms with Crippen molar-refractivity contribution in [2.24, 2.45) is 0 Å². The third-order valence-electron chi connectivity index (χ3n) is 6.41. The standard InChI is InChI=1S/C24H20N4O2/c1-14-20-22(28(27-14)15-8-3-2-4-9-15)25-18-12-7-13-19(29)21(18)24(20)16-10-5-6-11-17(16)26-23(24)30/h2-6,8-11,25H,7,12-13H2,1H3,(H,26,30). The Balaban J connectivity index is 1.73. The molecular weight excluding hydrogens is 376 g/mol. The highest BCUT2D eigenvalue weighted by molar-refractivity contribution is 6.20. The van der Waals surface area contributed by atoms with E-state index in [1.54, 1.807) is 0 Å². The van der Waals surface area contributed by atoms with Crippen molar-refractivity contribution in [2.45, 2.75) is 31.6 Å². The number of fused-ring (bicyclic) bond motifs is 5. The Bertz CT molecular complexity index is 1270.